The van der Waals surface area contributed by atoms with Crippen LogP contribution in [0.1, 0.15) is 5.56 Å². The van der Waals surface area contributed by atoms with E-state index in [-0.39, 0.29) is 11.6 Å². The molecule has 0 unspecified atom stereocenters. The highest BCUT2D eigenvalue weighted by Crippen LogP contribution is 2.18. The van der Waals surface area contributed by atoms with Crippen LogP contribution in [0.25, 0.3) is 0 Å². The van der Waals surface area contributed by atoms with Crippen LogP contribution < -0.4 is 0 Å². The first-order valence-electron chi connectivity index (χ1n) is 4.97. The van der Waals surface area contributed by atoms with Gasteiger partial charge < -0.3 is 0 Å². The van der Waals surface area contributed by atoms with Gasteiger partial charge in [0.05, 0.1) is 11.6 Å². The fourth-order valence-corrected chi connectivity index (χ4v) is 1.60. The Morgan fingerprint density at radius 1 is 1.29 bits per heavy atom. The van der Waals surface area contributed by atoms with Crippen molar-refractivity contribution in [2.75, 3.05) is 20.1 Å². The molecule has 17 heavy (non-hydrogen) atoms. The number of benzene rings is 1. The quantitative estimate of drug-likeness (QED) is 0.756. The van der Waals surface area contributed by atoms with Crippen LogP contribution in [0.5, 0.6) is 0 Å². The summed E-state index contributed by atoms with van der Waals surface area (Å²) in [6, 6.07) is 4.16. The largest absolute Gasteiger partial charge is 0.401 e. The van der Waals surface area contributed by atoms with E-state index in [1.165, 1.54) is 25.2 Å². The van der Waals surface area contributed by atoms with Crippen molar-refractivity contribution in [1.29, 1.82) is 0 Å². The summed E-state index contributed by atoms with van der Waals surface area (Å²) in [6.07, 6.45) is -3.80. The van der Waals surface area contributed by atoms with Gasteiger partial charge in [-0.25, -0.2) is 4.39 Å². The SMILES string of the molecule is CN(CCc1ccc(F)c(Cl)c1)CC(F)(F)F. The molecule has 1 nitrogen and oxygen atoms in total. The molecule has 0 amide bonds. The first-order valence-corrected chi connectivity index (χ1v) is 5.35. The average molecular weight is 270 g/mol. The lowest BCUT2D eigenvalue weighted by Gasteiger charge is -2.18. The predicted octanol–water partition coefficient (Wildman–Crippen LogP) is 3.52. The normalized spacial score (nSPS) is 12.2. The first-order chi connectivity index (χ1) is 7.78. The van der Waals surface area contributed by atoms with Gasteiger partial charge in [0.25, 0.3) is 0 Å². The number of halogens is 5. The molecule has 96 valence electrons. The van der Waals surface area contributed by atoms with Crippen LogP contribution in [0.4, 0.5) is 17.6 Å². The lowest BCUT2D eigenvalue weighted by atomic mass is 10.1. The van der Waals surface area contributed by atoms with E-state index in [1.54, 1.807) is 0 Å². The third kappa shape index (κ3) is 5.37. The summed E-state index contributed by atoms with van der Waals surface area (Å²) in [4.78, 5) is 1.16. The van der Waals surface area contributed by atoms with Crippen molar-refractivity contribution < 1.29 is 17.6 Å². The maximum atomic E-state index is 12.8. The Bertz CT molecular complexity index is 378. The van der Waals surface area contributed by atoms with E-state index >= 15 is 0 Å². The number of rotatable bonds is 4. The van der Waals surface area contributed by atoms with E-state index in [4.69, 9.17) is 11.6 Å². The van der Waals surface area contributed by atoms with E-state index in [0.717, 1.165) is 4.90 Å². The van der Waals surface area contributed by atoms with E-state index in [0.29, 0.717) is 12.0 Å². The number of hydrogen-bond acceptors (Lipinski definition) is 1. The molecule has 0 aliphatic heterocycles. The third-order valence-electron chi connectivity index (χ3n) is 2.22. The van der Waals surface area contributed by atoms with Crippen molar-refractivity contribution in [3.8, 4) is 0 Å². The van der Waals surface area contributed by atoms with Crippen molar-refractivity contribution in [3.05, 3.63) is 34.6 Å². The summed E-state index contributed by atoms with van der Waals surface area (Å²) in [5.74, 6) is -0.529. The molecule has 1 aromatic carbocycles. The highest BCUT2D eigenvalue weighted by atomic mass is 35.5. The van der Waals surface area contributed by atoms with Crippen molar-refractivity contribution in [1.82, 2.24) is 4.90 Å². The van der Waals surface area contributed by atoms with Crippen molar-refractivity contribution in [3.63, 3.8) is 0 Å². The van der Waals surface area contributed by atoms with Gasteiger partial charge >= 0.3 is 6.18 Å². The predicted molar refractivity (Wildman–Crippen MR) is 58.7 cm³/mol. The number of nitrogens with zero attached hydrogens (tertiary/aromatic N) is 1. The van der Waals surface area contributed by atoms with Gasteiger partial charge in [-0.2, -0.15) is 13.2 Å². The highest BCUT2D eigenvalue weighted by molar-refractivity contribution is 6.30. The van der Waals surface area contributed by atoms with Crippen LogP contribution in [0.3, 0.4) is 0 Å². The second-order valence-electron chi connectivity index (χ2n) is 3.85. The summed E-state index contributed by atoms with van der Waals surface area (Å²) in [5.41, 5.74) is 0.713. The maximum Gasteiger partial charge on any atom is 0.401 e. The van der Waals surface area contributed by atoms with Crippen molar-refractivity contribution in [2.24, 2.45) is 0 Å². The fraction of sp³-hybridized carbons (Fsp3) is 0.455. The van der Waals surface area contributed by atoms with E-state index in [9.17, 15) is 17.6 Å². The number of hydrogen-bond donors (Lipinski definition) is 0. The smallest absolute Gasteiger partial charge is 0.298 e. The third-order valence-corrected chi connectivity index (χ3v) is 2.51. The molecule has 6 heteroatoms. The van der Waals surface area contributed by atoms with Crippen LogP contribution in [-0.2, 0) is 6.42 Å². The van der Waals surface area contributed by atoms with Gasteiger partial charge in [0, 0.05) is 6.54 Å². The minimum atomic E-state index is -4.20. The van der Waals surface area contributed by atoms with Crippen LogP contribution in [0.15, 0.2) is 18.2 Å². The number of likely N-dealkylation sites (N-methyl/N-ethyl adjacent to an activating group) is 1. The van der Waals surface area contributed by atoms with E-state index in [1.807, 2.05) is 0 Å². The summed E-state index contributed by atoms with van der Waals surface area (Å²) in [7, 11) is 1.39. The zero-order valence-corrected chi connectivity index (χ0v) is 9.95. The molecule has 0 bridgehead atoms. The minimum absolute atomic E-state index is 0.0130. The van der Waals surface area contributed by atoms with Gasteiger partial charge in [-0.1, -0.05) is 17.7 Å². The first kappa shape index (κ1) is 14.3. The second-order valence-corrected chi connectivity index (χ2v) is 4.26. The Hall–Kier alpha value is -0.810. The van der Waals surface area contributed by atoms with E-state index < -0.39 is 18.5 Å². The van der Waals surface area contributed by atoms with Gasteiger partial charge in [-0.15, -0.1) is 0 Å². The maximum absolute atomic E-state index is 12.8. The summed E-state index contributed by atoms with van der Waals surface area (Å²) in [6.45, 7) is -0.719. The molecule has 0 atom stereocenters. The Morgan fingerprint density at radius 3 is 2.47 bits per heavy atom. The Kier molecular flexibility index (Phi) is 4.77. The average Bonchev–Trinajstić information content (AvgIpc) is 2.17. The minimum Gasteiger partial charge on any atom is -0.298 e. The van der Waals surface area contributed by atoms with E-state index in [2.05, 4.69) is 0 Å². The van der Waals surface area contributed by atoms with Gasteiger partial charge in [0.2, 0.25) is 0 Å². The van der Waals surface area contributed by atoms with Crippen molar-refractivity contribution in [2.45, 2.75) is 12.6 Å². The monoisotopic (exact) mass is 269 g/mol. The lowest BCUT2D eigenvalue weighted by molar-refractivity contribution is -0.142. The summed E-state index contributed by atoms with van der Waals surface area (Å²) < 4.78 is 48.9. The molecule has 0 aliphatic carbocycles. The molecular weight excluding hydrogens is 258 g/mol. The van der Waals surface area contributed by atoms with Crippen LogP contribution in [-0.4, -0.2) is 31.2 Å². The summed E-state index contributed by atoms with van der Waals surface area (Å²) in [5, 5.41) is -0.0130. The highest BCUT2D eigenvalue weighted by Gasteiger charge is 2.28. The molecule has 0 saturated heterocycles. The molecule has 0 aromatic heterocycles. The topological polar surface area (TPSA) is 3.24 Å². The Balaban J connectivity index is 2.47. The zero-order valence-electron chi connectivity index (χ0n) is 9.19. The molecule has 0 heterocycles. The molecule has 0 saturated carbocycles. The lowest BCUT2D eigenvalue weighted by Crippen LogP contribution is -2.32. The molecule has 0 fully saturated rings. The van der Waals surface area contributed by atoms with Crippen molar-refractivity contribution >= 4 is 11.6 Å². The van der Waals surface area contributed by atoms with Crippen LogP contribution in [0.2, 0.25) is 5.02 Å². The van der Waals surface area contributed by atoms with Gasteiger partial charge in [-0.3, -0.25) is 4.90 Å². The zero-order chi connectivity index (χ0) is 13.1. The number of alkyl halides is 3. The Labute approximate surface area is 102 Å². The van der Waals surface area contributed by atoms with Gasteiger partial charge in [0.15, 0.2) is 0 Å². The molecule has 0 aliphatic rings. The van der Waals surface area contributed by atoms with Crippen LogP contribution >= 0.6 is 11.6 Å². The fourth-order valence-electron chi connectivity index (χ4n) is 1.40. The van der Waals surface area contributed by atoms with Gasteiger partial charge in [-0.05, 0) is 31.2 Å². The summed E-state index contributed by atoms with van der Waals surface area (Å²) >= 11 is 5.57. The molecule has 1 rings (SSSR count). The van der Waals surface area contributed by atoms with Crippen LogP contribution in [0, 0.1) is 5.82 Å². The molecule has 1 aromatic rings. The van der Waals surface area contributed by atoms with Gasteiger partial charge in [0.1, 0.15) is 5.82 Å². The molecular formula is C11H12ClF4N. The standard InChI is InChI=1S/C11H12ClF4N/c1-17(7-11(14,15)16)5-4-8-2-3-10(13)9(12)6-8/h2-3,6H,4-5,7H2,1H3. The Morgan fingerprint density at radius 2 is 1.94 bits per heavy atom. The molecule has 0 radical (unpaired) electrons. The second kappa shape index (κ2) is 5.69. The molecule has 0 N–H and O–H groups in total. The molecule has 0 spiro atoms.